The van der Waals surface area contributed by atoms with Crippen LogP contribution in [-0.4, -0.2) is 43.8 Å². The van der Waals surface area contributed by atoms with Crippen LogP contribution >= 0.6 is 0 Å². The highest BCUT2D eigenvalue weighted by atomic mass is 32.2. The maximum atomic E-state index is 13.9. The Kier molecular flexibility index (Phi) is 10.1. The van der Waals surface area contributed by atoms with Crippen molar-refractivity contribution >= 4 is 27.5 Å². The van der Waals surface area contributed by atoms with Gasteiger partial charge in [-0.25, -0.2) is 8.42 Å². The molecule has 0 bridgehead atoms. The number of carbonyl (C=O) groups is 2. The van der Waals surface area contributed by atoms with Gasteiger partial charge in [-0.2, -0.15) is 0 Å². The summed E-state index contributed by atoms with van der Waals surface area (Å²) in [4.78, 5) is 28.5. The molecule has 0 heterocycles. The molecule has 3 aromatic carbocycles. The van der Waals surface area contributed by atoms with E-state index in [9.17, 15) is 18.0 Å². The summed E-state index contributed by atoms with van der Waals surface area (Å²) in [6, 6.07) is 23.7. The molecule has 0 saturated heterocycles. The monoisotopic (exact) mass is 535 g/mol. The van der Waals surface area contributed by atoms with Gasteiger partial charge in [-0.15, -0.1) is 0 Å². The van der Waals surface area contributed by atoms with E-state index < -0.39 is 28.5 Å². The third kappa shape index (κ3) is 7.22. The number of benzene rings is 3. The number of carbonyl (C=O) groups excluding carboxylic acids is 2. The maximum absolute atomic E-state index is 13.9. The normalized spacial score (nSPS) is 12.8. The maximum Gasteiger partial charge on any atom is 0.264 e. The van der Waals surface area contributed by atoms with Crippen molar-refractivity contribution in [2.75, 3.05) is 10.8 Å². The van der Waals surface area contributed by atoms with Crippen LogP contribution in [0.25, 0.3) is 0 Å². The fourth-order valence-corrected chi connectivity index (χ4v) is 5.41. The smallest absolute Gasteiger partial charge is 0.264 e. The van der Waals surface area contributed by atoms with E-state index in [1.165, 1.54) is 17.0 Å². The van der Waals surface area contributed by atoms with E-state index in [1.807, 2.05) is 63.2 Å². The van der Waals surface area contributed by atoms with Crippen LogP contribution < -0.4 is 9.62 Å². The second-order valence-corrected chi connectivity index (χ2v) is 11.2. The van der Waals surface area contributed by atoms with Gasteiger partial charge < -0.3 is 10.2 Å². The molecule has 0 spiro atoms. The lowest BCUT2D eigenvalue weighted by molar-refractivity contribution is -0.139. The highest BCUT2D eigenvalue weighted by Gasteiger charge is 2.32. The van der Waals surface area contributed by atoms with Gasteiger partial charge in [0.05, 0.1) is 10.6 Å². The van der Waals surface area contributed by atoms with Gasteiger partial charge >= 0.3 is 0 Å². The summed E-state index contributed by atoms with van der Waals surface area (Å²) in [5.74, 6) is -0.756. The van der Waals surface area contributed by atoms with Crippen molar-refractivity contribution in [2.45, 2.75) is 64.1 Å². The first kappa shape index (κ1) is 28.9. The molecule has 0 saturated carbocycles. The summed E-state index contributed by atoms with van der Waals surface area (Å²) in [7, 11) is -4.06. The molecule has 8 heteroatoms. The molecule has 38 heavy (non-hydrogen) atoms. The van der Waals surface area contributed by atoms with E-state index in [0.717, 1.165) is 28.3 Å². The van der Waals surface area contributed by atoms with E-state index in [0.29, 0.717) is 5.69 Å². The third-order valence-corrected chi connectivity index (χ3v) is 8.39. The number of anilines is 1. The molecule has 0 aromatic heterocycles. The van der Waals surface area contributed by atoms with Crippen LogP contribution in [0.2, 0.25) is 0 Å². The van der Waals surface area contributed by atoms with Crippen LogP contribution in [0.4, 0.5) is 5.69 Å². The predicted molar refractivity (Wildman–Crippen MR) is 151 cm³/mol. The molecule has 3 aromatic rings. The lowest BCUT2D eigenvalue weighted by atomic mass is 10.1. The number of hydrogen-bond donors (Lipinski definition) is 1. The average Bonchev–Trinajstić information content (AvgIpc) is 2.95. The fraction of sp³-hybridized carbons (Fsp3) is 0.333. The zero-order chi connectivity index (χ0) is 27.7. The van der Waals surface area contributed by atoms with Crippen LogP contribution in [-0.2, 0) is 32.6 Å². The quantitative estimate of drug-likeness (QED) is 0.362. The molecule has 0 radical (unpaired) electrons. The summed E-state index contributed by atoms with van der Waals surface area (Å²) in [6.07, 6.45) is 1.56. The summed E-state index contributed by atoms with van der Waals surface area (Å²) >= 11 is 0. The molecule has 0 aliphatic heterocycles. The van der Waals surface area contributed by atoms with Crippen molar-refractivity contribution in [2.24, 2.45) is 0 Å². The summed E-state index contributed by atoms with van der Waals surface area (Å²) in [6.45, 7) is 7.29. The Balaban J connectivity index is 2.00. The van der Waals surface area contributed by atoms with Crippen LogP contribution in [0.3, 0.4) is 0 Å². The summed E-state index contributed by atoms with van der Waals surface area (Å²) < 4.78 is 28.7. The Morgan fingerprint density at radius 3 is 1.95 bits per heavy atom. The third-order valence-electron chi connectivity index (χ3n) is 6.61. The summed E-state index contributed by atoms with van der Waals surface area (Å²) in [5, 5.41) is 2.94. The molecule has 0 unspecified atom stereocenters. The minimum Gasteiger partial charge on any atom is -0.352 e. The second kappa shape index (κ2) is 13.2. The molecule has 2 amide bonds. The molecule has 7 nitrogen and oxygen atoms in total. The molecule has 3 rings (SSSR count). The van der Waals surface area contributed by atoms with Gasteiger partial charge in [-0.3, -0.25) is 13.9 Å². The van der Waals surface area contributed by atoms with Crippen molar-refractivity contribution in [3.05, 3.63) is 96.1 Å². The zero-order valence-electron chi connectivity index (χ0n) is 22.5. The molecule has 1 N–H and O–H groups in total. The van der Waals surface area contributed by atoms with Crippen LogP contribution in [0.1, 0.15) is 45.2 Å². The van der Waals surface area contributed by atoms with E-state index in [1.54, 1.807) is 37.3 Å². The first-order valence-electron chi connectivity index (χ1n) is 13.0. The van der Waals surface area contributed by atoms with E-state index >= 15 is 0 Å². The zero-order valence-corrected chi connectivity index (χ0v) is 23.3. The van der Waals surface area contributed by atoms with Crippen molar-refractivity contribution in [1.82, 2.24) is 10.2 Å². The van der Waals surface area contributed by atoms with Crippen LogP contribution in [0.5, 0.6) is 0 Å². The molecular formula is C30H37N3O4S. The SMILES string of the molecule is CCc1ccc(N(CC(=O)N(Cc2ccccc2)[C@H](C)C(=O)N[C@H](C)CC)S(=O)(=O)c2ccccc2)cc1. The average molecular weight is 536 g/mol. The lowest BCUT2D eigenvalue weighted by Gasteiger charge is -2.32. The van der Waals surface area contributed by atoms with Gasteiger partial charge in [0.15, 0.2) is 0 Å². The number of hydrogen-bond acceptors (Lipinski definition) is 4. The van der Waals surface area contributed by atoms with Crippen molar-refractivity contribution in [3.8, 4) is 0 Å². The number of nitrogens with zero attached hydrogens (tertiary/aromatic N) is 2. The Bertz CT molecular complexity index is 1300. The second-order valence-electron chi connectivity index (χ2n) is 9.35. The molecule has 202 valence electrons. The van der Waals surface area contributed by atoms with Crippen LogP contribution in [0, 0.1) is 0 Å². The largest absolute Gasteiger partial charge is 0.352 e. The molecular weight excluding hydrogens is 498 g/mol. The topological polar surface area (TPSA) is 86.8 Å². The van der Waals surface area contributed by atoms with E-state index in [4.69, 9.17) is 0 Å². The van der Waals surface area contributed by atoms with Crippen LogP contribution in [0.15, 0.2) is 89.8 Å². The lowest BCUT2D eigenvalue weighted by Crippen LogP contribution is -2.52. The first-order chi connectivity index (χ1) is 18.2. The number of nitrogens with one attached hydrogen (secondary N) is 1. The standard InChI is InChI=1S/C30H37N3O4S/c1-5-23(3)31-30(35)24(4)32(21-26-13-9-7-10-14-26)29(34)22-33(27-19-17-25(6-2)18-20-27)38(36,37)28-15-11-8-12-16-28/h7-20,23-24H,5-6,21-22H2,1-4H3,(H,31,35)/t23-,24-/m1/s1. The van der Waals surface area contributed by atoms with Gasteiger partial charge in [0, 0.05) is 12.6 Å². The van der Waals surface area contributed by atoms with E-state index in [-0.39, 0.29) is 23.4 Å². The Morgan fingerprint density at radius 1 is 0.816 bits per heavy atom. The molecule has 0 aliphatic rings. The van der Waals surface area contributed by atoms with Gasteiger partial charge in [0.25, 0.3) is 10.0 Å². The molecule has 0 aliphatic carbocycles. The number of aryl methyl sites for hydroxylation is 1. The van der Waals surface area contributed by atoms with Gasteiger partial charge in [0.2, 0.25) is 11.8 Å². The molecule has 0 fully saturated rings. The number of amides is 2. The van der Waals surface area contributed by atoms with Gasteiger partial charge in [-0.05, 0) is 62.1 Å². The Hall–Kier alpha value is -3.65. The minimum absolute atomic E-state index is 0.0503. The van der Waals surface area contributed by atoms with Gasteiger partial charge in [-0.1, -0.05) is 74.5 Å². The molecule has 2 atom stereocenters. The predicted octanol–water partition coefficient (Wildman–Crippen LogP) is 4.78. The highest BCUT2D eigenvalue weighted by molar-refractivity contribution is 7.92. The number of rotatable bonds is 12. The Labute approximate surface area is 226 Å². The van der Waals surface area contributed by atoms with Crippen molar-refractivity contribution in [3.63, 3.8) is 0 Å². The first-order valence-corrected chi connectivity index (χ1v) is 14.4. The van der Waals surface area contributed by atoms with Crippen molar-refractivity contribution in [1.29, 1.82) is 0 Å². The van der Waals surface area contributed by atoms with E-state index in [2.05, 4.69) is 5.32 Å². The fourth-order valence-electron chi connectivity index (χ4n) is 3.97. The minimum atomic E-state index is -4.06. The summed E-state index contributed by atoms with van der Waals surface area (Å²) in [5.41, 5.74) is 2.28. The van der Waals surface area contributed by atoms with Gasteiger partial charge in [0.1, 0.15) is 12.6 Å². The van der Waals surface area contributed by atoms with Crippen molar-refractivity contribution < 1.29 is 18.0 Å². The number of sulfonamides is 1. The Morgan fingerprint density at radius 2 is 1.39 bits per heavy atom. The highest BCUT2D eigenvalue weighted by Crippen LogP contribution is 2.25.